The van der Waals surface area contributed by atoms with Gasteiger partial charge in [-0.2, -0.15) is 0 Å². The second-order valence-corrected chi connectivity index (χ2v) is 13.4. The minimum atomic E-state index is -2.58. The molecule has 3 nitrogen and oxygen atoms in total. The first kappa shape index (κ1) is 21.8. The summed E-state index contributed by atoms with van der Waals surface area (Å²) < 4.78 is 13.0. The Labute approximate surface area is 176 Å². The summed E-state index contributed by atoms with van der Waals surface area (Å²) in [6.45, 7) is 8.93. The molecule has 1 N–H and O–H groups in total. The maximum atomic E-state index is 10.4. The molecule has 0 aromatic heterocycles. The van der Waals surface area contributed by atoms with Crippen molar-refractivity contribution in [2.24, 2.45) is 0 Å². The Morgan fingerprint density at radius 3 is 1.97 bits per heavy atom. The third-order valence-electron chi connectivity index (χ3n) is 5.93. The zero-order chi connectivity index (χ0) is 21.1. The molecule has 0 saturated carbocycles. The molecule has 1 aliphatic rings. The van der Waals surface area contributed by atoms with Crippen molar-refractivity contribution in [2.45, 2.75) is 63.4 Å². The van der Waals surface area contributed by atoms with Gasteiger partial charge in [0.2, 0.25) is 0 Å². The van der Waals surface area contributed by atoms with E-state index in [2.05, 4.69) is 75.2 Å². The van der Waals surface area contributed by atoms with Crippen LogP contribution in [0.5, 0.6) is 0 Å². The van der Waals surface area contributed by atoms with Crippen molar-refractivity contribution in [1.82, 2.24) is 0 Å². The fourth-order valence-electron chi connectivity index (χ4n) is 4.31. The van der Waals surface area contributed by atoms with Crippen molar-refractivity contribution < 1.29 is 14.3 Å². The molecule has 3 rings (SSSR count). The highest BCUT2D eigenvalue weighted by atomic mass is 28.4. The van der Waals surface area contributed by atoms with E-state index in [-0.39, 0.29) is 17.2 Å². The fourth-order valence-corrected chi connectivity index (χ4v) is 8.91. The predicted molar refractivity (Wildman–Crippen MR) is 121 cm³/mol. The first-order valence-electron chi connectivity index (χ1n) is 10.3. The maximum absolute atomic E-state index is 10.4. The van der Waals surface area contributed by atoms with Gasteiger partial charge in [-0.25, -0.2) is 0 Å². The molecular weight excluding hydrogens is 376 g/mol. The zero-order valence-corrected chi connectivity index (χ0v) is 18.9. The second-order valence-electron chi connectivity index (χ2n) is 9.09. The number of aliphatic hydroxyl groups is 1. The van der Waals surface area contributed by atoms with Crippen molar-refractivity contribution in [3.05, 3.63) is 60.7 Å². The average Bonchev–Trinajstić information content (AvgIpc) is 3.19. The normalized spacial score (nSPS) is 22.1. The zero-order valence-electron chi connectivity index (χ0n) is 17.9. The van der Waals surface area contributed by atoms with Gasteiger partial charge in [-0.05, 0) is 35.2 Å². The van der Waals surface area contributed by atoms with Gasteiger partial charge in [-0.1, -0.05) is 87.4 Å². The van der Waals surface area contributed by atoms with E-state index in [0.29, 0.717) is 6.61 Å². The highest BCUT2D eigenvalue weighted by molar-refractivity contribution is 6.99. The summed E-state index contributed by atoms with van der Waals surface area (Å²) in [6, 6.07) is 21.2. The van der Waals surface area contributed by atoms with E-state index in [1.807, 2.05) is 12.1 Å². The second kappa shape index (κ2) is 8.45. The standard InChI is InChI=1S/C25H32O3Si/c1-6-25(5,26)23-18-17-20(28-23)19-27-29(24(2,3)4,21-13-9-7-10-14-21)22-15-11-8-12-16-22/h1,7-16,20,23,26H,17-19H2,2-5H3/t20-,23+,25-/m0/s1. The monoisotopic (exact) mass is 408 g/mol. The number of hydrogen-bond donors (Lipinski definition) is 1. The summed E-state index contributed by atoms with van der Waals surface area (Å²) >= 11 is 0. The van der Waals surface area contributed by atoms with Crippen molar-refractivity contribution in [3.63, 3.8) is 0 Å². The molecule has 0 radical (unpaired) electrons. The third kappa shape index (κ3) is 4.34. The van der Waals surface area contributed by atoms with E-state index >= 15 is 0 Å². The SMILES string of the molecule is C#C[C@](C)(O)[C@H]1CC[C@@H](CO[Si](c2ccccc2)(c2ccccc2)C(C)(C)C)O1. The van der Waals surface area contributed by atoms with Crippen LogP contribution in [0, 0.1) is 12.3 Å². The van der Waals surface area contributed by atoms with Gasteiger partial charge in [0.1, 0.15) is 5.60 Å². The van der Waals surface area contributed by atoms with Gasteiger partial charge in [0.25, 0.3) is 8.32 Å². The quantitative estimate of drug-likeness (QED) is 0.587. The number of terminal acetylenes is 1. The van der Waals surface area contributed by atoms with Gasteiger partial charge in [-0.3, -0.25) is 0 Å². The molecule has 1 aliphatic heterocycles. The van der Waals surface area contributed by atoms with Crippen molar-refractivity contribution >= 4 is 18.7 Å². The third-order valence-corrected chi connectivity index (χ3v) is 10.9. The summed E-state index contributed by atoms with van der Waals surface area (Å²) in [4.78, 5) is 0. The van der Waals surface area contributed by atoms with Gasteiger partial charge in [0.15, 0.2) is 0 Å². The fraction of sp³-hybridized carbons (Fsp3) is 0.440. The lowest BCUT2D eigenvalue weighted by Crippen LogP contribution is -2.67. The molecule has 0 unspecified atom stereocenters. The molecule has 4 heteroatoms. The molecule has 1 saturated heterocycles. The Morgan fingerprint density at radius 1 is 1.00 bits per heavy atom. The largest absolute Gasteiger partial charge is 0.405 e. The smallest absolute Gasteiger partial charge is 0.261 e. The molecule has 1 heterocycles. The molecule has 154 valence electrons. The summed E-state index contributed by atoms with van der Waals surface area (Å²) in [6.07, 6.45) is 6.64. The van der Waals surface area contributed by atoms with Crippen LogP contribution in [-0.4, -0.2) is 37.8 Å². The van der Waals surface area contributed by atoms with Crippen LogP contribution in [0.3, 0.4) is 0 Å². The van der Waals surface area contributed by atoms with Gasteiger partial charge < -0.3 is 14.3 Å². The Balaban J connectivity index is 1.92. The molecule has 0 spiro atoms. The molecule has 29 heavy (non-hydrogen) atoms. The molecule has 2 aromatic carbocycles. The predicted octanol–water partition coefficient (Wildman–Crippen LogP) is 3.49. The van der Waals surface area contributed by atoms with Gasteiger partial charge in [0, 0.05) is 0 Å². The van der Waals surface area contributed by atoms with Crippen molar-refractivity contribution in [2.75, 3.05) is 6.61 Å². The van der Waals surface area contributed by atoms with Gasteiger partial charge in [0.05, 0.1) is 18.8 Å². The van der Waals surface area contributed by atoms with Gasteiger partial charge in [-0.15, -0.1) is 6.42 Å². The van der Waals surface area contributed by atoms with E-state index in [1.54, 1.807) is 6.92 Å². The Bertz CT molecular complexity index is 794. The Hall–Kier alpha value is -1.90. The minimum absolute atomic E-state index is 0.0681. The summed E-state index contributed by atoms with van der Waals surface area (Å²) in [7, 11) is -2.58. The highest BCUT2D eigenvalue weighted by Crippen LogP contribution is 2.37. The van der Waals surface area contributed by atoms with Crippen LogP contribution in [0.1, 0.15) is 40.5 Å². The summed E-state index contributed by atoms with van der Waals surface area (Å²) in [5.41, 5.74) is -1.24. The van der Waals surface area contributed by atoms with Gasteiger partial charge >= 0.3 is 0 Å². The van der Waals surface area contributed by atoms with E-state index in [0.717, 1.165) is 12.8 Å². The van der Waals surface area contributed by atoms with Crippen LogP contribution in [0.25, 0.3) is 0 Å². The number of rotatable bonds is 6. The molecule has 0 amide bonds. The first-order valence-corrected chi connectivity index (χ1v) is 12.2. The molecule has 2 aromatic rings. The molecular formula is C25H32O3Si. The number of benzene rings is 2. The lowest BCUT2D eigenvalue weighted by atomic mass is 9.98. The van der Waals surface area contributed by atoms with Crippen LogP contribution in [-0.2, 0) is 9.16 Å². The minimum Gasteiger partial charge on any atom is -0.405 e. The highest BCUT2D eigenvalue weighted by Gasteiger charge is 2.51. The molecule has 1 fully saturated rings. The van der Waals surface area contributed by atoms with Crippen LogP contribution in [0.4, 0.5) is 0 Å². The lowest BCUT2D eigenvalue weighted by Gasteiger charge is -2.43. The summed E-state index contributed by atoms with van der Waals surface area (Å²) in [5.74, 6) is 2.45. The van der Waals surface area contributed by atoms with E-state index in [9.17, 15) is 5.11 Å². The lowest BCUT2D eigenvalue weighted by molar-refractivity contribution is -0.0704. The molecule has 0 bridgehead atoms. The van der Waals surface area contributed by atoms with Crippen molar-refractivity contribution in [3.8, 4) is 12.3 Å². The average molecular weight is 409 g/mol. The van der Waals surface area contributed by atoms with Crippen LogP contribution < -0.4 is 10.4 Å². The van der Waals surface area contributed by atoms with Crippen LogP contribution in [0.15, 0.2) is 60.7 Å². The topological polar surface area (TPSA) is 38.7 Å². The Kier molecular flexibility index (Phi) is 6.35. The van der Waals surface area contributed by atoms with Crippen molar-refractivity contribution in [1.29, 1.82) is 0 Å². The molecule has 3 atom stereocenters. The summed E-state index contributed by atoms with van der Waals surface area (Å²) in [5, 5.41) is 12.8. The van der Waals surface area contributed by atoms with Crippen LogP contribution >= 0.6 is 0 Å². The Morgan fingerprint density at radius 2 is 1.52 bits per heavy atom. The van der Waals surface area contributed by atoms with E-state index in [1.165, 1.54) is 10.4 Å². The van der Waals surface area contributed by atoms with E-state index in [4.69, 9.17) is 15.6 Å². The number of ether oxygens (including phenoxy) is 1. The maximum Gasteiger partial charge on any atom is 0.261 e. The van der Waals surface area contributed by atoms with E-state index < -0.39 is 13.9 Å². The van der Waals surface area contributed by atoms with Crippen LogP contribution in [0.2, 0.25) is 5.04 Å². The molecule has 0 aliphatic carbocycles. The number of hydrogen-bond acceptors (Lipinski definition) is 3. The first-order chi connectivity index (χ1) is 13.7.